The van der Waals surface area contributed by atoms with Gasteiger partial charge in [0.2, 0.25) is 11.1 Å². The number of ether oxygens (including phenoxy) is 1. The average molecular weight is 361 g/mol. The van der Waals surface area contributed by atoms with Crippen LogP contribution in [-0.4, -0.2) is 62.6 Å². The largest absolute Gasteiger partial charge is 0.375 e. The lowest BCUT2D eigenvalue weighted by Crippen LogP contribution is -2.46. The SMILES string of the molecule is CC[C@H]1CN(C(=O)CSc2nnnn2-c2c(C)cccc2C)CCO1. The number of aromatic nitrogens is 4. The van der Waals surface area contributed by atoms with Crippen LogP contribution in [-0.2, 0) is 9.53 Å². The van der Waals surface area contributed by atoms with Gasteiger partial charge in [-0.05, 0) is 41.8 Å². The van der Waals surface area contributed by atoms with E-state index in [0.717, 1.165) is 23.2 Å². The Morgan fingerprint density at radius 1 is 1.36 bits per heavy atom. The second-order valence-electron chi connectivity index (χ2n) is 6.14. The van der Waals surface area contributed by atoms with Gasteiger partial charge in [0.25, 0.3) is 0 Å². The van der Waals surface area contributed by atoms with Crippen molar-refractivity contribution in [1.29, 1.82) is 0 Å². The molecule has 8 heteroatoms. The van der Waals surface area contributed by atoms with Gasteiger partial charge in [0.15, 0.2) is 0 Å². The number of nitrogens with zero attached hydrogens (tertiary/aromatic N) is 5. The number of hydrogen-bond acceptors (Lipinski definition) is 6. The molecule has 0 unspecified atom stereocenters. The molecule has 1 aromatic heterocycles. The summed E-state index contributed by atoms with van der Waals surface area (Å²) in [5.41, 5.74) is 3.17. The number of tetrazole rings is 1. The van der Waals surface area contributed by atoms with Gasteiger partial charge >= 0.3 is 0 Å². The fourth-order valence-corrected chi connectivity index (χ4v) is 3.74. The minimum absolute atomic E-state index is 0.0998. The average Bonchev–Trinajstić information content (AvgIpc) is 3.07. The van der Waals surface area contributed by atoms with Gasteiger partial charge in [0.1, 0.15) is 0 Å². The highest BCUT2D eigenvalue weighted by molar-refractivity contribution is 7.99. The topological polar surface area (TPSA) is 73.1 Å². The zero-order chi connectivity index (χ0) is 17.8. The predicted molar refractivity (Wildman–Crippen MR) is 96.0 cm³/mol. The molecular weight excluding hydrogens is 338 g/mol. The van der Waals surface area contributed by atoms with Gasteiger partial charge < -0.3 is 9.64 Å². The van der Waals surface area contributed by atoms with Crippen LogP contribution in [0.2, 0.25) is 0 Å². The van der Waals surface area contributed by atoms with Crippen LogP contribution in [0.25, 0.3) is 5.69 Å². The van der Waals surface area contributed by atoms with E-state index in [1.807, 2.05) is 36.9 Å². The van der Waals surface area contributed by atoms with Gasteiger partial charge in [-0.2, -0.15) is 4.68 Å². The van der Waals surface area contributed by atoms with E-state index in [2.05, 4.69) is 22.4 Å². The van der Waals surface area contributed by atoms with Gasteiger partial charge in [0.05, 0.1) is 24.2 Å². The lowest BCUT2D eigenvalue weighted by molar-refractivity contribution is -0.135. The van der Waals surface area contributed by atoms with Gasteiger partial charge in [-0.25, -0.2) is 0 Å². The molecule has 1 amide bonds. The number of amides is 1. The number of rotatable bonds is 5. The zero-order valence-electron chi connectivity index (χ0n) is 14.8. The number of carbonyl (C=O) groups excluding carboxylic acids is 1. The molecule has 1 aromatic carbocycles. The van der Waals surface area contributed by atoms with Crippen LogP contribution in [0.3, 0.4) is 0 Å². The van der Waals surface area contributed by atoms with Crippen LogP contribution < -0.4 is 0 Å². The summed E-state index contributed by atoms with van der Waals surface area (Å²) in [6, 6.07) is 6.07. The first kappa shape index (κ1) is 17.9. The molecule has 3 rings (SSSR count). The first-order chi connectivity index (χ1) is 12.1. The first-order valence-corrected chi connectivity index (χ1v) is 9.45. The van der Waals surface area contributed by atoms with Crippen LogP contribution in [0.4, 0.5) is 0 Å². The van der Waals surface area contributed by atoms with Crippen molar-refractivity contribution in [3.05, 3.63) is 29.3 Å². The Bertz CT molecular complexity index is 728. The van der Waals surface area contributed by atoms with Crippen molar-refractivity contribution in [3.63, 3.8) is 0 Å². The summed E-state index contributed by atoms with van der Waals surface area (Å²) in [5, 5.41) is 12.6. The highest BCUT2D eigenvalue weighted by Gasteiger charge is 2.24. The van der Waals surface area contributed by atoms with E-state index in [1.54, 1.807) is 4.68 Å². The second-order valence-corrected chi connectivity index (χ2v) is 7.09. The molecule has 0 N–H and O–H groups in total. The fourth-order valence-electron chi connectivity index (χ4n) is 2.96. The van der Waals surface area contributed by atoms with E-state index < -0.39 is 0 Å². The predicted octanol–water partition coefficient (Wildman–Crippen LogP) is 2.01. The second kappa shape index (κ2) is 7.97. The molecule has 1 aliphatic heterocycles. The highest BCUT2D eigenvalue weighted by Crippen LogP contribution is 2.23. The molecule has 25 heavy (non-hydrogen) atoms. The van der Waals surface area contributed by atoms with Crippen LogP contribution in [0.1, 0.15) is 24.5 Å². The van der Waals surface area contributed by atoms with Gasteiger partial charge in [-0.15, -0.1) is 5.10 Å². The summed E-state index contributed by atoms with van der Waals surface area (Å²) in [5.74, 6) is 0.421. The third-order valence-corrected chi connectivity index (χ3v) is 5.27. The van der Waals surface area contributed by atoms with E-state index in [1.165, 1.54) is 11.8 Å². The Balaban J connectivity index is 1.69. The number of morpholine rings is 1. The van der Waals surface area contributed by atoms with E-state index >= 15 is 0 Å². The van der Waals surface area contributed by atoms with Crippen molar-refractivity contribution in [2.24, 2.45) is 0 Å². The molecule has 1 aliphatic rings. The smallest absolute Gasteiger partial charge is 0.233 e. The molecule has 0 radical (unpaired) electrons. The van der Waals surface area contributed by atoms with E-state index in [-0.39, 0.29) is 12.0 Å². The van der Waals surface area contributed by atoms with Crippen LogP contribution in [0.5, 0.6) is 0 Å². The standard InChI is InChI=1S/C17H23N5O2S/c1-4-14-10-21(8-9-24-14)15(23)11-25-17-18-19-20-22(17)16-12(2)6-5-7-13(16)3/h5-7,14H,4,8-11H2,1-3H3/t14-/m0/s1. The molecule has 1 atom stereocenters. The van der Waals surface area contributed by atoms with Gasteiger partial charge in [-0.3, -0.25) is 4.79 Å². The van der Waals surface area contributed by atoms with E-state index in [4.69, 9.17) is 4.74 Å². The Morgan fingerprint density at radius 3 is 2.84 bits per heavy atom. The number of aryl methyl sites for hydroxylation is 2. The Kier molecular flexibility index (Phi) is 5.70. The molecule has 0 bridgehead atoms. The molecule has 0 aliphatic carbocycles. The summed E-state index contributed by atoms with van der Waals surface area (Å²) < 4.78 is 7.34. The fraction of sp³-hybridized carbons (Fsp3) is 0.529. The normalized spacial score (nSPS) is 17.7. The number of carbonyl (C=O) groups is 1. The Labute approximate surface area is 151 Å². The molecule has 1 saturated heterocycles. The van der Waals surface area contributed by atoms with Crippen LogP contribution in [0, 0.1) is 13.8 Å². The van der Waals surface area contributed by atoms with Crippen molar-refractivity contribution in [2.45, 2.75) is 38.5 Å². The van der Waals surface area contributed by atoms with E-state index in [9.17, 15) is 4.79 Å². The molecule has 2 heterocycles. The molecule has 134 valence electrons. The Morgan fingerprint density at radius 2 is 2.12 bits per heavy atom. The van der Waals surface area contributed by atoms with Crippen molar-refractivity contribution < 1.29 is 9.53 Å². The van der Waals surface area contributed by atoms with Gasteiger partial charge in [0, 0.05) is 13.1 Å². The summed E-state index contributed by atoms with van der Waals surface area (Å²) in [6.45, 7) is 8.06. The number of hydrogen-bond donors (Lipinski definition) is 0. The van der Waals surface area contributed by atoms with Gasteiger partial charge in [-0.1, -0.05) is 36.9 Å². The minimum atomic E-state index is 0.0998. The highest BCUT2D eigenvalue weighted by atomic mass is 32.2. The van der Waals surface area contributed by atoms with E-state index in [0.29, 0.717) is 30.6 Å². The van der Waals surface area contributed by atoms with Crippen molar-refractivity contribution in [1.82, 2.24) is 25.1 Å². The molecule has 1 fully saturated rings. The van der Waals surface area contributed by atoms with Crippen LogP contribution in [0.15, 0.2) is 23.4 Å². The van der Waals surface area contributed by atoms with Crippen LogP contribution >= 0.6 is 11.8 Å². The molecular formula is C17H23N5O2S. The summed E-state index contributed by atoms with van der Waals surface area (Å²) in [6.07, 6.45) is 1.06. The third kappa shape index (κ3) is 4.01. The van der Waals surface area contributed by atoms with Crippen molar-refractivity contribution in [3.8, 4) is 5.69 Å². The summed E-state index contributed by atoms with van der Waals surface area (Å²) in [7, 11) is 0. The quantitative estimate of drug-likeness (QED) is 0.759. The monoisotopic (exact) mass is 361 g/mol. The number of thioether (sulfide) groups is 1. The minimum Gasteiger partial charge on any atom is -0.375 e. The van der Waals surface area contributed by atoms with Crippen molar-refractivity contribution in [2.75, 3.05) is 25.4 Å². The third-order valence-electron chi connectivity index (χ3n) is 4.36. The summed E-state index contributed by atoms with van der Waals surface area (Å²) in [4.78, 5) is 14.4. The summed E-state index contributed by atoms with van der Waals surface area (Å²) >= 11 is 1.37. The lowest BCUT2D eigenvalue weighted by Gasteiger charge is -2.32. The molecule has 7 nitrogen and oxygen atoms in total. The lowest BCUT2D eigenvalue weighted by atomic mass is 10.1. The first-order valence-electron chi connectivity index (χ1n) is 8.47. The molecule has 0 saturated carbocycles. The zero-order valence-corrected chi connectivity index (χ0v) is 15.6. The van der Waals surface area contributed by atoms with Crippen molar-refractivity contribution >= 4 is 17.7 Å². The maximum atomic E-state index is 12.5. The maximum absolute atomic E-state index is 12.5. The Hall–Kier alpha value is -1.93. The number of para-hydroxylation sites is 1. The molecule has 2 aromatic rings. The maximum Gasteiger partial charge on any atom is 0.233 e. The molecule has 0 spiro atoms. The number of benzene rings is 1.